The number of Topliss-reactive ketones (excluding diaryl/α,β-unsaturated/α-hetero) is 1. The minimum absolute atomic E-state index is 0.0257. The average Bonchev–Trinajstić information content (AvgIpc) is 2.83. The molecule has 1 fully saturated rings. The first-order valence-corrected chi connectivity index (χ1v) is 9.73. The molecule has 0 aromatic heterocycles. The summed E-state index contributed by atoms with van der Waals surface area (Å²) < 4.78 is 0. The fraction of sp³-hybridized carbons (Fsp3) is 0.800. The number of carboxylic acid groups (broad SMARTS) is 1. The fourth-order valence-electron chi connectivity index (χ4n) is 3.67. The van der Waals surface area contributed by atoms with Gasteiger partial charge in [-0.15, -0.1) is 0 Å². The molecule has 0 bridgehead atoms. The van der Waals surface area contributed by atoms with Crippen molar-refractivity contribution in [1.82, 2.24) is 0 Å². The van der Waals surface area contributed by atoms with Crippen LogP contribution >= 0.6 is 0 Å². The molecule has 5 heteroatoms. The van der Waals surface area contributed by atoms with Crippen molar-refractivity contribution in [3.63, 3.8) is 0 Å². The SMILES string of the molecule is CCCCCCCC(O)C1C(O)CC(=O)[C@H]1CC=CCCCC(=O)O. The maximum atomic E-state index is 12.1. The zero-order chi connectivity index (χ0) is 18.7. The highest BCUT2D eigenvalue weighted by atomic mass is 16.4. The van der Waals surface area contributed by atoms with Crippen molar-refractivity contribution in [2.75, 3.05) is 0 Å². The molecule has 0 saturated heterocycles. The van der Waals surface area contributed by atoms with Gasteiger partial charge in [0.15, 0.2) is 0 Å². The number of rotatable bonds is 13. The van der Waals surface area contributed by atoms with Crippen molar-refractivity contribution in [1.29, 1.82) is 0 Å². The van der Waals surface area contributed by atoms with Crippen molar-refractivity contribution < 1.29 is 24.9 Å². The zero-order valence-electron chi connectivity index (χ0n) is 15.4. The Bertz CT molecular complexity index is 432. The van der Waals surface area contributed by atoms with Crippen LogP contribution in [0.5, 0.6) is 0 Å². The summed E-state index contributed by atoms with van der Waals surface area (Å²) in [5.74, 6) is -1.47. The molecule has 0 spiro atoms. The molecule has 4 atom stereocenters. The molecule has 25 heavy (non-hydrogen) atoms. The Balaban J connectivity index is 2.42. The molecular weight excluding hydrogens is 320 g/mol. The summed E-state index contributed by atoms with van der Waals surface area (Å²) in [5, 5.41) is 29.2. The summed E-state index contributed by atoms with van der Waals surface area (Å²) >= 11 is 0. The van der Waals surface area contributed by atoms with E-state index in [0.717, 1.165) is 19.3 Å². The number of carboxylic acids is 1. The Morgan fingerprint density at radius 1 is 1.20 bits per heavy atom. The van der Waals surface area contributed by atoms with Crippen LogP contribution in [0.25, 0.3) is 0 Å². The third-order valence-electron chi connectivity index (χ3n) is 5.10. The molecule has 5 nitrogen and oxygen atoms in total. The minimum Gasteiger partial charge on any atom is -0.481 e. The molecule has 1 rings (SSSR count). The molecule has 3 N–H and O–H groups in total. The Morgan fingerprint density at radius 3 is 2.60 bits per heavy atom. The minimum atomic E-state index is -0.801. The highest BCUT2D eigenvalue weighted by molar-refractivity contribution is 5.84. The van der Waals surface area contributed by atoms with Gasteiger partial charge in [0.05, 0.1) is 12.2 Å². The lowest BCUT2D eigenvalue weighted by Gasteiger charge is -2.25. The summed E-state index contributed by atoms with van der Waals surface area (Å²) in [4.78, 5) is 22.6. The van der Waals surface area contributed by atoms with Crippen molar-refractivity contribution in [2.45, 2.75) is 89.8 Å². The Kier molecular flexibility index (Phi) is 10.7. The van der Waals surface area contributed by atoms with E-state index < -0.39 is 18.2 Å². The summed E-state index contributed by atoms with van der Waals surface area (Å²) in [5.41, 5.74) is 0. The summed E-state index contributed by atoms with van der Waals surface area (Å²) in [6, 6.07) is 0. The number of ketones is 1. The first-order valence-electron chi connectivity index (χ1n) is 9.73. The van der Waals surface area contributed by atoms with Crippen LogP contribution in [0.4, 0.5) is 0 Å². The molecule has 0 aliphatic heterocycles. The third-order valence-corrected chi connectivity index (χ3v) is 5.10. The van der Waals surface area contributed by atoms with Crippen LogP contribution < -0.4 is 0 Å². The first kappa shape index (κ1) is 21.8. The van der Waals surface area contributed by atoms with Gasteiger partial charge in [-0.05, 0) is 25.7 Å². The standard InChI is InChI=1S/C20H34O5/c1-2-3-4-5-9-12-16(21)20-15(17(22)14-18(20)23)11-8-6-7-10-13-19(24)25/h6,8,15-16,18,20-21,23H,2-5,7,9-14H2,1H3,(H,24,25)/t15-,16?,18?,20?/m1/s1. The fourth-order valence-corrected chi connectivity index (χ4v) is 3.67. The Labute approximate surface area is 151 Å². The van der Waals surface area contributed by atoms with Crippen molar-refractivity contribution in [3.05, 3.63) is 12.2 Å². The second-order valence-electron chi connectivity index (χ2n) is 7.18. The predicted molar refractivity (Wildman–Crippen MR) is 97.2 cm³/mol. The van der Waals surface area contributed by atoms with E-state index >= 15 is 0 Å². The number of allylic oxidation sites excluding steroid dienone is 2. The monoisotopic (exact) mass is 354 g/mol. The van der Waals surface area contributed by atoms with E-state index in [1.165, 1.54) is 12.8 Å². The first-order chi connectivity index (χ1) is 12.0. The average molecular weight is 354 g/mol. The van der Waals surface area contributed by atoms with E-state index in [2.05, 4.69) is 6.92 Å². The maximum absolute atomic E-state index is 12.1. The van der Waals surface area contributed by atoms with E-state index in [1.54, 1.807) is 0 Å². The van der Waals surface area contributed by atoms with Crippen LogP contribution in [0.15, 0.2) is 12.2 Å². The van der Waals surface area contributed by atoms with Crippen molar-refractivity contribution in [3.8, 4) is 0 Å². The van der Waals surface area contributed by atoms with Gasteiger partial charge in [-0.25, -0.2) is 0 Å². The highest BCUT2D eigenvalue weighted by Gasteiger charge is 2.44. The van der Waals surface area contributed by atoms with E-state index in [9.17, 15) is 19.8 Å². The largest absolute Gasteiger partial charge is 0.481 e. The number of hydrogen-bond acceptors (Lipinski definition) is 4. The molecule has 0 heterocycles. The molecule has 0 amide bonds. The number of carbonyl (C=O) groups excluding carboxylic acids is 1. The van der Waals surface area contributed by atoms with Crippen LogP contribution in [-0.4, -0.2) is 39.3 Å². The molecule has 3 unspecified atom stereocenters. The van der Waals surface area contributed by atoms with Crippen molar-refractivity contribution >= 4 is 11.8 Å². The number of aliphatic carboxylic acids is 1. The second-order valence-corrected chi connectivity index (χ2v) is 7.18. The zero-order valence-corrected chi connectivity index (χ0v) is 15.4. The molecule has 0 aromatic carbocycles. The molecule has 0 radical (unpaired) electrons. The van der Waals surface area contributed by atoms with Crippen LogP contribution in [0.3, 0.4) is 0 Å². The number of unbranched alkanes of at least 4 members (excludes halogenated alkanes) is 5. The van der Waals surface area contributed by atoms with Gasteiger partial charge in [-0.3, -0.25) is 9.59 Å². The van der Waals surface area contributed by atoms with Crippen LogP contribution in [0, 0.1) is 11.8 Å². The lowest BCUT2D eigenvalue weighted by atomic mass is 9.84. The lowest BCUT2D eigenvalue weighted by Crippen LogP contribution is -2.32. The van der Waals surface area contributed by atoms with Gasteiger partial charge in [0, 0.05) is 24.7 Å². The quantitative estimate of drug-likeness (QED) is 0.348. The van der Waals surface area contributed by atoms with E-state index in [-0.39, 0.29) is 30.5 Å². The van der Waals surface area contributed by atoms with E-state index in [1.807, 2.05) is 12.2 Å². The number of carbonyl (C=O) groups is 2. The molecule has 1 saturated carbocycles. The molecule has 0 aromatic rings. The lowest BCUT2D eigenvalue weighted by molar-refractivity contribution is -0.137. The van der Waals surface area contributed by atoms with Gasteiger partial charge < -0.3 is 15.3 Å². The predicted octanol–water partition coefficient (Wildman–Crippen LogP) is 3.48. The summed E-state index contributed by atoms with van der Waals surface area (Å²) in [6.07, 6.45) is 10.6. The number of aliphatic hydroxyl groups excluding tert-OH is 2. The van der Waals surface area contributed by atoms with Gasteiger partial charge in [0.2, 0.25) is 0 Å². The molecule has 144 valence electrons. The molecule has 1 aliphatic rings. The number of hydrogen-bond donors (Lipinski definition) is 3. The molecule has 1 aliphatic carbocycles. The van der Waals surface area contributed by atoms with Gasteiger partial charge in [0.25, 0.3) is 0 Å². The Hall–Kier alpha value is -1.20. The van der Waals surface area contributed by atoms with Crippen LogP contribution in [-0.2, 0) is 9.59 Å². The maximum Gasteiger partial charge on any atom is 0.303 e. The summed E-state index contributed by atoms with van der Waals surface area (Å²) in [7, 11) is 0. The Morgan fingerprint density at radius 2 is 1.92 bits per heavy atom. The smallest absolute Gasteiger partial charge is 0.303 e. The van der Waals surface area contributed by atoms with E-state index in [0.29, 0.717) is 25.7 Å². The number of aliphatic hydroxyl groups is 2. The van der Waals surface area contributed by atoms with Crippen LogP contribution in [0.1, 0.15) is 77.6 Å². The van der Waals surface area contributed by atoms with Crippen LogP contribution in [0.2, 0.25) is 0 Å². The third kappa shape index (κ3) is 8.15. The van der Waals surface area contributed by atoms with Gasteiger partial charge in [-0.2, -0.15) is 0 Å². The molecular formula is C20H34O5. The second kappa shape index (κ2) is 12.2. The summed E-state index contributed by atoms with van der Waals surface area (Å²) in [6.45, 7) is 2.16. The van der Waals surface area contributed by atoms with Gasteiger partial charge in [0.1, 0.15) is 5.78 Å². The normalized spacial score (nSPS) is 24.9. The highest BCUT2D eigenvalue weighted by Crippen LogP contribution is 2.36. The van der Waals surface area contributed by atoms with Gasteiger partial charge in [-0.1, -0.05) is 51.2 Å². The van der Waals surface area contributed by atoms with E-state index in [4.69, 9.17) is 5.11 Å². The van der Waals surface area contributed by atoms with Gasteiger partial charge >= 0.3 is 5.97 Å². The topological polar surface area (TPSA) is 94.8 Å². The van der Waals surface area contributed by atoms with Crippen molar-refractivity contribution in [2.24, 2.45) is 11.8 Å².